The number of aliphatic hydroxyl groups is 1. The van der Waals surface area contributed by atoms with E-state index in [1.54, 1.807) is 0 Å². The molecule has 0 aliphatic heterocycles. The summed E-state index contributed by atoms with van der Waals surface area (Å²) in [6.07, 6.45) is 0. The number of nitrogens with one attached hydrogen (secondary N) is 1. The second-order valence-electron chi connectivity index (χ2n) is 3.30. The van der Waals surface area contributed by atoms with Crippen molar-refractivity contribution in [3.05, 3.63) is 0 Å². The van der Waals surface area contributed by atoms with Crippen LogP contribution in [0.1, 0.15) is 0 Å². The number of aliphatic hydroxyl groups excluding tert-OH is 1. The summed E-state index contributed by atoms with van der Waals surface area (Å²) in [4.78, 5) is 0. The van der Waals surface area contributed by atoms with Gasteiger partial charge in [-0.1, -0.05) is 0 Å². The Bertz CT molecular complexity index is 473. The topological polar surface area (TPSA) is 119 Å². The molecule has 0 amide bonds. The first-order chi connectivity index (χ1) is 9.02. The van der Waals surface area contributed by atoms with Gasteiger partial charge < -0.3 is 14.6 Å². The third kappa shape index (κ3) is 7.96. The number of alkyl halides is 3. The van der Waals surface area contributed by atoms with Crippen molar-refractivity contribution < 1.29 is 44.6 Å². The maximum atomic E-state index is 11.9. The van der Waals surface area contributed by atoms with Gasteiger partial charge in [0.05, 0.1) is 38.8 Å². The lowest BCUT2D eigenvalue weighted by atomic mass is 10.7. The van der Waals surface area contributed by atoms with Gasteiger partial charge in [0.1, 0.15) is 0 Å². The van der Waals surface area contributed by atoms with Crippen LogP contribution in [0.5, 0.6) is 0 Å². The van der Waals surface area contributed by atoms with E-state index in [4.69, 9.17) is 14.6 Å². The summed E-state index contributed by atoms with van der Waals surface area (Å²) in [5.74, 6) is -0.956. The normalized spacial score (nSPS) is 13.6. The first-order valence-corrected chi connectivity index (χ1v) is 8.24. The molecule has 0 aliphatic rings. The zero-order valence-electron chi connectivity index (χ0n) is 10.1. The van der Waals surface area contributed by atoms with Gasteiger partial charge in [0.2, 0.25) is 10.0 Å². The van der Waals surface area contributed by atoms with E-state index < -0.39 is 37.9 Å². The molecule has 0 spiro atoms. The summed E-state index contributed by atoms with van der Waals surface area (Å²) in [5, 5.41) is 8.35. The van der Waals surface area contributed by atoms with Crippen molar-refractivity contribution in [2.75, 3.05) is 38.8 Å². The van der Waals surface area contributed by atoms with E-state index in [1.165, 1.54) is 0 Å². The number of hydrogen-bond donors (Lipinski definition) is 2. The lowest BCUT2D eigenvalue weighted by Gasteiger charge is -2.10. The Morgan fingerprint density at radius 3 is 1.90 bits per heavy atom. The molecule has 0 radical (unpaired) electrons. The molecule has 2 N–H and O–H groups in total. The molecule has 122 valence electrons. The standard InChI is InChI=1S/C7H14F3NO7S2/c8-7(9,10)20(15,16)11-19(13,14)6-5-18-4-3-17-2-1-12/h11-12H,1-6H2. The molecule has 0 bridgehead atoms. The number of sulfonamides is 2. The van der Waals surface area contributed by atoms with Crippen LogP contribution in [0.25, 0.3) is 0 Å². The van der Waals surface area contributed by atoms with Crippen molar-refractivity contribution in [2.24, 2.45) is 0 Å². The molecule has 0 saturated heterocycles. The van der Waals surface area contributed by atoms with Crippen LogP contribution in [-0.4, -0.2) is 66.2 Å². The average molecular weight is 345 g/mol. The summed E-state index contributed by atoms with van der Waals surface area (Å²) in [6, 6.07) is 0. The molecule has 20 heavy (non-hydrogen) atoms. The lowest BCUT2D eigenvalue weighted by molar-refractivity contribution is -0.0441. The first-order valence-electron chi connectivity index (χ1n) is 5.11. The molecule has 0 aliphatic carbocycles. The number of rotatable bonds is 10. The fourth-order valence-corrected chi connectivity index (χ4v) is 3.20. The Labute approximate surface area is 114 Å². The van der Waals surface area contributed by atoms with Crippen molar-refractivity contribution in [1.82, 2.24) is 4.13 Å². The second-order valence-corrected chi connectivity index (χ2v) is 7.07. The summed E-state index contributed by atoms with van der Waals surface area (Å²) >= 11 is 0. The van der Waals surface area contributed by atoms with E-state index in [1.807, 2.05) is 0 Å². The van der Waals surface area contributed by atoms with E-state index in [0.29, 0.717) is 4.13 Å². The van der Waals surface area contributed by atoms with Gasteiger partial charge >= 0.3 is 15.5 Å². The van der Waals surface area contributed by atoms with E-state index in [-0.39, 0.29) is 26.4 Å². The zero-order valence-corrected chi connectivity index (χ0v) is 11.7. The second kappa shape index (κ2) is 8.09. The first kappa shape index (κ1) is 19.5. The maximum Gasteiger partial charge on any atom is 0.512 e. The molecule has 0 aromatic rings. The molecule has 8 nitrogen and oxygen atoms in total. The van der Waals surface area contributed by atoms with E-state index in [9.17, 15) is 30.0 Å². The molecule has 0 aromatic carbocycles. The van der Waals surface area contributed by atoms with E-state index >= 15 is 0 Å². The number of ether oxygens (including phenoxy) is 2. The van der Waals surface area contributed by atoms with Crippen LogP contribution in [0.3, 0.4) is 0 Å². The molecular formula is C7H14F3NO7S2. The van der Waals surface area contributed by atoms with Gasteiger partial charge in [-0.2, -0.15) is 13.2 Å². The molecule has 0 atom stereocenters. The van der Waals surface area contributed by atoms with E-state index in [2.05, 4.69) is 0 Å². The van der Waals surface area contributed by atoms with Crippen LogP contribution in [0, 0.1) is 0 Å². The van der Waals surface area contributed by atoms with E-state index in [0.717, 1.165) is 0 Å². The van der Waals surface area contributed by atoms with Crippen LogP contribution >= 0.6 is 0 Å². The number of hydrogen-bond acceptors (Lipinski definition) is 7. The van der Waals surface area contributed by atoms with Crippen molar-refractivity contribution in [3.8, 4) is 0 Å². The fourth-order valence-electron chi connectivity index (χ4n) is 0.811. The number of halogens is 3. The molecule has 0 fully saturated rings. The van der Waals surface area contributed by atoms with Crippen molar-refractivity contribution in [1.29, 1.82) is 0 Å². The Balaban J connectivity index is 4.10. The van der Waals surface area contributed by atoms with Gasteiger partial charge in [0.15, 0.2) is 0 Å². The van der Waals surface area contributed by atoms with Crippen LogP contribution in [0.4, 0.5) is 13.2 Å². The quantitative estimate of drug-likeness (QED) is 0.476. The van der Waals surface area contributed by atoms with Crippen molar-refractivity contribution in [3.63, 3.8) is 0 Å². The zero-order chi connectivity index (χ0) is 15.9. The fraction of sp³-hybridized carbons (Fsp3) is 1.00. The molecule has 0 aromatic heterocycles. The minimum atomic E-state index is -5.96. The molecule has 13 heteroatoms. The highest BCUT2D eigenvalue weighted by atomic mass is 32.3. The van der Waals surface area contributed by atoms with Crippen LogP contribution in [-0.2, 0) is 29.5 Å². The van der Waals surface area contributed by atoms with Crippen LogP contribution < -0.4 is 4.13 Å². The smallest absolute Gasteiger partial charge is 0.394 e. The third-order valence-corrected chi connectivity index (χ3v) is 4.85. The summed E-state index contributed by atoms with van der Waals surface area (Å²) < 4.78 is 89.2. The monoisotopic (exact) mass is 345 g/mol. The minimum absolute atomic E-state index is 0.0505. The van der Waals surface area contributed by atoms with Crippen LogP contribution in [0.2, 0.25) is 0 Å². The SMILES string of the molecule is O=S(=O)(CCOCCOCCO)NS(=O)(=O)C(F)(F)F. The highest BCUT2D eigenvalue weighted by Gasteiger charge is 2.48. The Morgan fingerprint density at radius 1 is 0.950 bits per heavy atom. The van der Waals surface area contributed by atoms with Crippen LogP contribution in [0.15, 0.2) is 0 Å². The molecular weight excluding hydrogens is 331 g/mol. The molecule has 0 unspecified atom stereocenters. The molecule has 0 heterocycles. The third-order valence-electron chi connectivity index (χ3n) is 1.65. The Hall–Kier alpha value is -0.470. The lowest BCUT2D eigenvalue weighted by Crippen LogP contribution is -2.41. The minimum Gasteiger partial charge on any atom is -0.394 e. The molecule has 0 saturated carbocycles. The molecule has 0 rings (SSSR count). The van der Waals surface area contributed by atoms with Gasteiger partial charge in [-0.25, -0.2) is 16.8 Å². The summed E-state index contributed by atoms with van der Waals surface area (Å²) in [6.45, 7) is -0.651. The van der Waals surface area contributed by atoms with Gasteiger partial charge in [-0.15, -0.1) is 4.13 Å². The Kier molecular flexibility index (Phi) is 7.90. The summed E-state index contributed by atoms with van der Waals surface area (Å²) in [5.41, 5.74) is -5.71. The van der Waals surface area contributed by atoms with Gasteiger partial charge in [-0.3, -0.25) is 0 Å². The summed E-state index contributed by atoms with van der Waals surface area (Å²) in [7, 11) is -10.6. The highest BCUT2D eigenvalue weighted by Crippen LogP contribution is 2.22. The predicted octanol–water partition coefficient (Wildman–Crippen LogP) is -1.22. The predicted molar refractivity (Wildman–Crippen MR) is 60.6 cm³/mol. The van der Waals surface area contributed by atoms with Gasteiger partial charge in [0.25, 0.3) is 0 Å². The van der Waals surface area contributed by atoms with Gasteiger partial charge in [-0.05, 0) is 0 Å². The van der Waals surface area contributed by atoms with Crippen molar-refractivity contribution in [2.45, 2.75) is 5.51 Å². The van der Waals surface area contributed by atoms with Gasteiger partial charge in [0, 0.05) is 0 Å². The highest BCUT2D eigenvalue weighted by molar-refractivity contribution is 8.05. The maximum absolute atomic E-state index is 11.9. The largest absolute Gasteiger partial charge is 0.512 e. The average Bonchev–Trinajstić information content (AvgIpc) is 2.24. The van der Waals surface area contributed by atoms with Crippen molar-refractivity contribution >= 4 is 20.0 Å². The Morgan fingerprint density at radius 2 is 1.45 bits per heavy atom.